The fourth-order valence-corrected chi connectivity index (χ4v) is 3.79. The molecule has 35 heavy (non-hydrogen) atoms. The van der Waals surface area contributed by atoms with Gasteiger partial charge in [0.2, 0.25) is 0 Å². The number of anilines is 2. The highest BCUT2D eigenvalue weighted by atomic mass is 16.5. The summed E-state index contributed by atoms with van der Waals surface area (Å²) in [6.07, 6.45) is 0. The molecular formula is C26H27N5O4. The van der Waals surface area contributed by atoms with Crippen LogP contribution in [0, 0.1) is 0 Å². The lowest BCUT2D eigenvalue weighted by Gasteiger charge is -2.16. The zero-order valence-corrected chi connectivity index (χ0v) is 19.5. The minimum absolute atomic E-state index is 0.0244. The van der Waals surface area contributed by atoms with Gasteiger partial charge in [0.1, 0.15) is 5.82 Å². The molecule has 0 amide bonds. The lowest BCUT2D eigenvalue weighted by atomic mass is 10.1. The second kappa shape index (κ2) is 10.3. The second-order valence-corrected chi connectivity index (χ2v) is 7.74. The summed E-state index contributed by atoms with van der Waals surface area (Å²) in [5.41, 5.74) is 16.3. The van der Waals surface area contributed by atoms with Gasteiger partial charge in [-0.2, -0.15) is 5.10 Å². The molecule has 0 unspecified atom stereocenters. The fourth-order valence-electron chi connectivity index (χ4n) is 3.79. The van der Waals surface area contributed by atoms with Crippen LogP contribution in [-0.4, -0.2) is 35.1 Å². The molecule has 180 valence electrons. The quantitative estimate of drug-likeness (QED) is 0.287. The van der Waals surface area contributed by atoms with Gasteiger partial charge in [0.25, 0.3) is 0 Å². The highest BCUT2D eigenvalue weighted by Gasteiger charge is 2.20. The number of methoxy groups -OCH3 is 2. The molecule has 4 rings (SSSR count). The Labute approximate surface area is 202 Å². The predicted molar refractivity (Wildman–Crippen MR) is 135 cm³/mol. The Morgan fingerprint density at radius 3 is 2.29 bits per heavy atom. The Kier molecular flexibility index (Phi) is 7.00. The molecule has 0 aliphatic rings. The first-order valence-corrected chi connectivity index (χ1v) is 10.9. The Morgan fingerprint density at radius 1 is 0.971 bits per heavy atom. The number of hydrogen-bond acceptors (Lipinski definition) is 7. The first-order valence-electron chi connectivity index (χ1n) is 10.9. The van der Waals surface area contributed by atoms with Crippen LogP contribution in [0.25, 0.3) is 16.9 Å². The number of carbonyl (C=O) groups is 1. The molecule has 0 aliphatic carbocycles. The van der Waals surface area contributed by atoms with E-state index in [0.717, 1.165) is 22.4 Å². The van der Waals surface area contributed by atoms with Crippen LogP contribution in [0.2, 0.25) is 0 Å². The van der Waals surface area contributed by atoms with Crippen LogP contribution in [0.15, 0.2) is 66.7 Å². The van der Waals surface area contributed by atoms with Crippen LogP contribution in [-0.2, 0) is 13.1 Å². The van der Waals surface area contributed by atoms with Crippen molar-refractivity contribution in [3.05, 3.63) is 83.4 Å². The number of hydrogen-bond donors (Lipinski definition) is 4. The molecule has 1 aromatic heterocycles. The number of carboxylic acid groups (broad SMARTS) is 1. The van der Waals surface area contributed by atoms with Crippen molar-refractivity contribution < 1.29 is 19.4 Å². The van der Waals surface area contributed by atoms with Crippen molar-refractivity contribution in [2.75, 3.05) is 19.5 Å². The number of ether oxygens (including phenoxy) is 2. The number of benzene rings is 3. The number of carboxylic acids is 1. The van der Waals surface area contributed by atoms with E-state index in [9.17, 15) is 9.90 Å². The van der Waals surface area contributed by atoms with Crippen LogP contribution in [0.5, 0.6) is 11.5 Å². The molecule has 0 saturated heterocycles. The van der Waals surface area contributed by atoms with Crippen molar-refractivity contribution in [3.63, 3.8) is 0 Å². The summed E-state index contributed by atoms with van der Waals surface area (Å²) in [5.74, 6) is 0.155. The molecule has 0 saturated carbocycles. The van der Waals surface area contributed by atoms with Crippen LogP contribution >= 0.6 is 0 Å². The number of nitrogens with one attached hydrogen (secondary N) is 1. The van der Waals surface area contributed by atoms with Gasteiger partial charge in [-0.3, -0.25) is 0 Å². The first-order chi connectivity index (χ1) is 17.0. The molecule has 6 N–H and O–H groups in total. The summed E-state index contributed by atoms with van der Waals surface area (Å²) in [6.45, 7) is 0.759. The van der Waals surface area contributed by atoms with E-state index in [-0.39, 0.29) is 5.56 Å². The summed E-state index contributed by atoms with van der Waals surface area (Å²) in [4.78, 5) is 12.0. The molecule has 1 heterocycles. The molecule has 0 bridgehead atoms. The van der Waals surface area contributed by atoms with Crippen molar-refractivity contribution in [1.29, 1.82) is 0 Å². The molecule has 0 atom stereocenters. The maximum atomic E-state index is 12.0. The van der Waals surface area contributed by atoms with Gasteiger partial charge in [-0.1, -0.05) is 42.5 Å². The normalized spacial score (nSPS) is 10.7. The van der Waals surface area contributed by atoms with Crippen molar-refractivity contribution in [2.24, 2.45) is 11.5 Å². The maximum Gasteiger partial charge on any atom is 0.337 e. The van der Waals surface area contributed by atoms with Gasteiger partial charge in [0.05, 0.1) is 36.9 Å². The average Bonchev–Trinajstić information content (AvgIpc) is 3.31. The number of nitrogens with two attached hydrogens (primary N) is 2. The molecule has 3 aromatic carbocycles. The topological polar surface area (TPSA) is 138 Å². The van der Waals surface area contributed by atoms with Crippen LogP contribution < -0.4 is 26.3 Å². The Balaban J connectivity index is 1.88. The van der Waals surface area contributed by atoms with Crippen LogP contribution in [0.1, 0.15) is 21.5 Å². The third-order valence-electron chi connectivity index (χ3n) is 5.65. The number of rotatable bonds is 9. The number of para-hydroxylation sites is 1. The maximum absolute atomic E-state index is 12.0. The predicted octanol–water partition coefficient (Wildman–Crippen LogP) is 3.92. The standard InChI is InChI=1S/C26H27N5O4/c1-34-23-11-19(26(32)33)21(12-24(23)35-2)29-25-13-20(17-9-7-16(14-27)8-10-17)30-31(25)22-6-4-3-5-18(22)15-28/h3-13,29H,14-15,27-28H2,1-2H3,(H,32,33). The van der Waals surface area contributed by atoms with Crippen molar-refractivity contribution >= 4 is 17.5 Å². The average molecular weight is 474 g/mol. The Morgan fingerprint density at radius 2 is 1.66 bits per heavy atom. The van der Waals surface area contributed by atoms with E-state index in [4.69, 9.17) is 26.0 Å². The molecule has 0 fully saturated rings. The fraction of sp³-hybridized carbons (Fsp3) is 0.154. The molecule has 0 spiro atoms. The molecule has 4 aromatic rings. The van der Waals surface area contributed by atoms with Gasteiger partial charge in [-0.25, -0.2) is 9.48 Å². The van der Waals surface area contributed by atoms with E-state index in [2.05, 4.69) is 5.32 Å². The third kappa shape index (κ3) is 4.81. The van der Waals surface area contributed by atoms with Crippen molar-refractivity contribution in [2.45, 2.75) is 13.1 Å². The molecule has 0 aliphatic heterocycles. The van der Waals surface area contributed by atoms with Crippen LogP contribution in [0.4, 0.5) is 11.5 Å². The van der Waals surface area contributed by atoms with Crippen molar-refractivity contribution in [1.82, 2.24) is 9.78 Å². The van der Waals surface area contributed by atoms with E-state index >= 15 is 0 Å². The lowest BCUT2D eigenvalue weighted by molar-refractivity contribution is 0.0697. The van der Waals surface area contributed by atoms with E-state index in [0.29, 0.717) is 41.8 Å². The first kappa shape index (κ1) is 23.8. The van der Waals surface area contributed by atoms with Gasteiger partial charge >= 0.3 is 5.97 Å². The zero-order chi connectivity index (χ0) is 24.9. The summed E-state index contributed by atoms with van der Waals surface area (Å²) >= 11 is 0. The monoisotopic (exact) mass is 473 g/mol. The van der Waals surface area contributed by atoms with Crippen LogP contribution in [0.3, 0.4) is 0 Å². The Hall–Kier alpha value is -4.34. The molecule has 0 radical (unpaired) electrons. The van der Waals surface area contributed by atoms with Crippen molar-refractivity contribution in [3.8, 4) is 28.4 Å². The molecular weight excluding hydrogens is 446 g/mol. The van der Waals surface area contributed by atoms with Gasteiger partial charge in [-0.15, -0.1) is 0 Å². The third-order valence-corrected chi connectivity index (χ3v) is 5.65. The summed E-state index contributed by atoms with van der Waals surface area (Å²) in [6, 6.07) is 20.3. The van der Waals surface area contributed by atoms with E-state index < -0.39 is 5.97 Å². The summed E-state index contributed by atoms with van der Waals surface area (Å²) in [7, 11) is 2.95. The zero-order valence-electron chi connectivity index (χ0n) is 19.5. The van der Waals surface area contributed by atoms with Gasteiger partial charge in [-0.05, 0) is 17.2 Å². The largest absolute Gasteiger partial charge is 0.493 e. The number of nitrogens with zero attached hydrogens (tertiary/aromatic N) is 2. The van der Waals surface area contributed by atoms with E-state index in [1.165, 1.54) is 20.3 Å². The van der Waals surface area contributed by atoms with E-state index in [1.54, 1.807) is 10.7 Å². The van der Waals surface area contributed by atoms with Gasteiger partial charge < -0.3 is 31.4 Å². The Bertz CT molecular complexity index is 1350. The number of aromatic carboxylic acids is 1. The highest BCUT2D eigenvalue weighted by molar-refractivity contribution is 5.96. The smallest absolute Gasteiger partial charge is 0.337 e. The SMILES string of the molecule is COc1cc(Nc2cc(-c3ccc(CN)cc3)nn2-c2ccccc2CN)c(C(=O)O)cc1OC. The molecule has 9 nitrogen and oxygen atoms in total. The minimum atomic E-state index is -1.11. The van der Waals surface area contributed by atoms with Gasteiger partial charge in [0, 0.05) is 36.9 Å². The second-order valence-electron chi connectivity index (χ2n) is 7.74. The number of aromatic nitrogens is 2. The lowest BCUT2D eigenvalue weighted by Crippen LogP contribution is -2.10. The molecule has 9 heteroatoms. The summed E-state index contributed by atoms with van der Waals surface area (Å²) in [5, 5.41) is 17.9. The highest BCUT2D eigenvalue weighted by Crippen LogP contribution is 2.36. The minimum Gasteiger partial charge on any atom is -0.493 e. The van der Waals surface area contributed by atoms with Gasteiger partial charge in [0.15, 0.2) is 11.5 Å². The summed E-state index contributed by atoms with van der Waals surface area (Å²) < 4.78 is 12.4. The van der Waals surface area contributed by atoms with E-state index in [1.807, 2.05) is 54.6 Å².